The molecule has 9 heteroatoms. The summed E-state index contributed by atoms with van der Waals surface area (Å²) in [5, 5.41) is 10.4. The number of carbonyl (C=O) groups excluding carboxylic acids is 2. The minimum atomic E-state index is -0.587. The fourth-order valence-corrected chi connectivity index (χ4v) is 4.76. The van der Waals surface area contributed by atoms with E-state index in [0.717, 1.165) is 55.4 Å². The van der Waals surface area contributed by atoms with Crippen molar-refractivity contribution in [1.82, 2.24) is 30.7 Å². The van der Waals surface area contributed by atoms with E-state index in [1.165, 1.54) is 6.92 Å². The third-order valence-electron chi connectivity index (χ3n) is 6.52. The number of hydrogen-bond acceptors (Lipinski definition) is 6. The van der Waals surface area contributed by atoms with Crippen molar-refractivity contribution in [3.8, 4) is 0 Å². The summed E-state index contributed by atoms with van der Waals surface area (Å²) in [5.41, 5.74) is 1.24. The highest BCUT2D eigenvalue weighted by Gasteiger charge is 2.38. The van der Waals surface area contributed by atoms with Gasteiger partial charge in [0.1, 0.15) is 11.4 Å². The quantitative estimate of drug-likeness (QED) is 0.430. The molecule has 1 fully saturated rings. The number of rotatable bonds is 8. The summed E-state index contributed by atoms with van der Waals surface area (Å²) in [6.07, 6.45) is 6.41. The van der Waals surface area contributed by atoms with E-state index in [0.29, 0.717) is 18.1 Å². The van der Waals surface area contributed by atoms with E-state index in [1.807, 2.05) is 24.3 Å². The number of hydrogen-bond donors (Lipinski definition) is 3. The predicted octanol–water partition coefficient (Wildman–Crippen LogP) is 4.08. The predicted molar refractivity (Wildman–Crippen MR) is 128 cm³/mol. The number of imidazole rings is 1. The Balaban J connectivity index is 1.41. The fourth-order valence-electron chi connectivity index (χ4n) is 4.76. The van der Waals surface area contributed by atoms with Crippen LogP contribution in [0, 0.1) is 5.92 Å². The molecule has 1 atom stereocenters. The normalized spacial score (nSPS) is 16.8. The van der Waals surface area contributed by atoms with E-state index >= 15 is 0 Å². The van der Waals surface area contributed by atoms with Crippen molar-refractivity contribution in [2.24, 2.45) is 5.92 Å². The molecule has 0 aliphatic heterocycles. The Kier molecular flexibility index (Phi) is 7.29. The van der Waals surface area contributed by atoms with Crippen LogP contribution in [0.5, 0.6) is 0 Å². The van der Waals surface area contributed by atoms with Gasteiger partial charge in [0.15, 0.2) is 5.82 Å². The van der Waals surface area contributed by atoms with Gasteiger partial charge >= 0.3 is 0 Å². The van der Waals surface area contributed by atoms with Gasteiger partial charge in [-0.15, -0.1) is 0 Å². The Morgan fingerprint density at radius 1 is 1.12 bits per heavy atom. The first-order valence-electron chi connectivity index (χ1n) is 12.2. The highest BCUT2D eigenvalue weighted by Crippen LogP contribution is 2.34. The number of nitrogens with zero attached hydrogens (tertiary/aromatic N) is 3. The highest BCUT2D eigenvalue weighted by atomic mass is 16.5. The van der Waals surface area contributed by atoms with Gasteiger partial charge < -0.3 is 20.1 Å². The molecule has 2 heterocycles. The molecular weight excluding hydrogens is 432 g/mol. The molecule has 9 nitrogen and oxygen atoms in total. The summed E-state index contributed by atoms with van der Waals surface area (Å²) in [6, 6.07) is 7.59. The average molecular weight is 467 g/mol. The smallest absolute Gasteiger partial charge is 0.227 e. The number of para-hydroxylation sites is 2. The SMILES string of the molecule is CC(=O)NC1(c2noc(CCC(=O)NC(c3nc4ccccc4[nH]3)C(C)C)n2)CCCCCC1. The van der Waals surface area contributed by atoms with Crippen LogP contribution in [0.3, 0.4) is 0 Å². The summed E-state index contributed by atoms with van der Waals surface area (Å²) in [5.74, 6) is 1.62. The third-order valence-corrected chi connectivity index (χ3v) is 6.52. The summed E-state index contributed by atoms with van der Waals surface area (Å²) in [6.45, 7) is 5.62. The molecule has 1 saturated carbocycles. The molecule has 0 bridgehead atoms. The van der Waals surface area contributed by atoms with Crippen LogP contribution in [0.2, 0.25) is 0 Å². The van der Waals surface area contributed by atoms with Crippen molar-refractivity contribution in [3.05, 3.63) is 41.8 Å². The number of H-pyrrole nitrogens is 1. The van der Waals surface area contributed by atoms with Crippen molar-refractivity contribution < 1.29 is 14.1 Å². The van der Waals surface area contributed by atoms with Crippen molar-refractivity contribution in [3.63, 3.8) is 0 Å². The van der Waals surface area contributed by atoms with Crippen LogP contribution in [0.15, 0.2) is 28.8 Å². The van der Waals surface area contributed by atoms with Crippen LogP contribution in [0.4, 0.5) is 0 Å². The summed E-state index contributed by atoms with van der Waals surface area (Å²) < 4.78 is 5.48. The molecule has 0 radical (unpaired) electrons. The highest BCUT2D eigenvalue weighted by molar-refractivity contribution is 5.77. The van der Waals surface area contributed by atoms with E-state index in [9.17, 15) is 9.59 Å². The minimum absolute atomic E-state index is 0.0991. The number of carbonyl (C=O) groups is 2. The Morgan fingerprint density at radius 3 is 2.53 bits per heavy atom. The standard InChI is InChI=1S/C25H34N6O3/c1-16(2)22(23-26-18-10-6-7-11-19(18)27-23)28-20(33)12-13-21-29-24(31-34-21)25(30-17(3)32)14-8-4-5-9-15-25/h6-7,10-11,16,22H,4-5,8-9,12-15H2,1-3H3,(H,26,27)(H,28,33)(H,30,32). The number of benzene rings is 1. The summed E-state index contributed by atoms with van der Waals surface area (Å²) in [4.78, 5) is 37.2. The van der Waals surface area contributed by atoms with Crippen LogP contribution in [-0.4, -0.2) is 31.9 Å². The second-order valence-corrected chi connectivity index (χ2v) is 9.62. The maximum atomic E-state index is 12.8. The van der Waals surface area contributed by atoms with Crippen molar-refractivity contribution in [1.29, 1.82) is 0 Å². The molecule has 1 aromatic carbocycles. The van der Waals surface area contributed by atoms with Gasteiger partial charge in [-0.2, -0.15) is 4.98 Å². The lowest BCUT2D eigenvalue weighted by Gasteiger charge is -2.30. The van der Waals surface area contributed by atoms with Crippen LogP contribution in [0.25, 0.3) is 11.0 Å². The third kappa shape index (κ3) is 5.46. The number of fused-ring (bicyclic) bond motifs is 1. The number of aromatic nitrogens is 4. The van der Waals surface area contributed by atoms with Crippen LogP contribution >= 0.6 is 0 Å². The lowest BCUT2D eigenvalue weighted by atomic mass is 9.89. The van der Waals surface area contributed by atoms with E-state index in [2.05, 4.69) is 44.6 Å². The van der Waals surface area contributed by atoms with Gasteiger partial charge in [0.2, 0.25) is 17.7 Å². The molecule has 182 valence electrons. The van der Waals surface area contributed by atoms with Gasteiger partial charge in [0.05, 0.1) is 17.1 Å². The first-order valence-corrected chi connectivity index (χ1v) is 12.2. The lowest BCUT2D eigenvalue weighted by Crippen LogP contribution is -2.45. The van der Waals surface area contributed by atoms with Crippen molar-refractivity contribution >= 4 is 22.8 Å². The number of amides is 2. The number of aromatic amines is 1. The van der Waals surface area contributed by atoms with E-state index in [-0.39, 0.29) is 30.2 Å². The maximum absolute atomic E-state index is 12.8. The Bertz CT molecular complexity index is 1090. The van der Waals surface area contributed by atoms with Crippen LogP contribution in [-0.2, 0) is 21.5 Å². The maximum Gasteiger partial charge on any atom is 0.227 e. The van der Waals surface area contributed by atoms with Crippen molar-refractivity contribution in [2.45, 2.75) is 83.7 Å². The van der Waals surface area contributed by atoms with Crippen molar-refractivity contribution in [2.75, 3.05) is 0 Å². The van der Waals surface area contributed by atoms with Gasteiger partial charge in [-0.1, -0.05) is 56.8 Å². The monoisotopic (exact) mass is 466 g/mol. The fraction of sp³-hybridized carbons (Fsp3) is 0.560. The average Bonchev–Trinajstić information content (AvgIpc) is 3.38. The molecular formula is C25H34N6O3. The second kappa shape index (κ2) is 10.4. The summed E-state index contributed by atoms with van der Waals surface area (Å²) >= 11 is 0. The lowest BCUT2D eigenvalue weighted by molar-refractivity contribution is -0.122. The van der Waals surface area contributed by atoms with Gasteiger partial charge in [-0.25, -0.2) is 4.98 Å². The Morgan fingerprint density at radius 2 is 1.85 bits per heavy atom. The Labute approximate surface area is 199 Å². The molecule has 3 N–H and O–H groups in total. The van der Waals surface area contributed by atoms with E-state index in [1.54, 1.807) is 0 Å². The molecule has 0 spiro atoms. The zero-order valence-corrected chi connectivity index (χ0v) is 20.2. The van der Waals surface area contributed by atoms with Gasteiger partial charge in [-0.05, 0) is 30.9 Å². The topological polar surface area (TPSA) is 126 Å². The Hall–Kier alpha value is -3.23. The number of aryl methyl sites for hydroxylation is 1. The van der Waals surface area contributed by atoms with Gasteiger partial charge in [0, 0.05) is 19.8 Å². The first-order chi connectivity index (χ1) is 16.4. The molecule has 2 amide bonds. The van der Waals surface area contributed by atoms with Gasteiger partial charge in [0.25, 0.3) is 0 Å². The molecule has 34 heavy (non-hydrogen) atoms. The molecule has 2 aromatic heterocycles. The van der Waals surface area contributed by atoms with E-state index in [4.69, 9.17) is 4.52 Å². The zero-order chi connectivity index (χ0) is 24.1. The molecule has 3 aromatic rings. The molecule has 0 saturated heterocycles. The van der Waals surface area contributed by atoms with E-state index < -0.39 is 5.54 Å². The molecule has 1 unspecified atom stereocenters. The first kappa shape index (κ1) is 23.9. The summed E-state index contributed by atoms with van der Waals surface area (Å²) in [7, 11) is 0. The molecule has 4 rings (SSSR count). The van der Waals surface area contributed by atoms with Crippen LogP contribution in [0.1, 0.15) is 89.3 Å². The molecule has 1 aliphatic rings. The van der Waals surface area contributed by atoms with Crippen LogP contribution < -0.4 is 10.6 Å². The number of nitrogens with one attached hydrogen (secondary N) is 3. The minimum Gasteiger partial charge on any atom is -0.346 e. The zero-order valence-electron chi connectivity index (χ0n) is 20.2. The largest absolute Gasteiger partial charge is 0.346 e. The second-order valence-electron chi connectivity index (χ2n) is 9.62. The van der Waals surface area contributed by atoms with Gasteiger partial charge in [-0.3, -0.25) is 9.59 Å². The molecule has 1 aliphatic carbocycles.